The van der Waals surface area contributed by atoms with Crippen LogP contribution in [0.15, 0.2) is 18.2 Å². The van der Waals surface area contributed by atoms with Crippen LogP contribution in [0.1, 0.15) is 0 Å². The van der Waals surface area contributed by atoms with E-state index in [9.17, 15) is 9.18 Å². The van der Waals surface area contributed by atoms with E-state index in [4.69, 9.17) is 0 Å². The maximum Gasteiger partial charge on any atom is 0.211 e. The van der Waals surface area contributed by atoms with E-state index in [0.29, 0.717) is 12.1 Å². The highest BCUT2D eigenvalue weighted by atomic mass is 19.1. The van der Waals surface area contributed by atoms with Crippen LogP contribution in [0.2, 0.25) is 0 Å². The molecule has 0 aliphatic carbocycles. The Morgan fingerprint density at radius 2 is 2.40 bits per heavy atom. The van der Waals surface area contributed by atoms with Gasteiger partial charge >= 0.3 is 0 Å². The first-order valence-electron chi connectivity index (χ1n) is 2.70. The molecule has 1 aromatic carbocycles. The number of hydrogen-bond acceptors (Lipinski definition) is 1. The Bertz CT molecular complexity index is 237. The van der Waals surface area contributed by atoms with Crippen LogP contribution in [-0.2, 0) is 4.79 Å². The number of carbonyl (C=O) groups excluding carboxylic acids is 1. The van der Waals surface area contributed by atoms with E-state index >= 15 is 0 Å². The molecule has 0 unspecified atom stereocenters. The number of anilines is 1. The van der Waals surface area contributed by atoms with Gasteiger partial charge in [-0.25, -0.2) is 4.39 Å². The van der Waals surface area contributed by atoms with E-state index < -0.39 is 5.82 Å². The van der Waals surface area contributed by atoms with E-state index in [2.05, 4.69) is 11.4 Å². The van der Waals surface area contributed by atoms with Crippen LogP contribution in [0.25, 0.3) is 0 Å². The standard InChI is InChI=1S/C7H5FNO/c8-6-2-1-3-7(4-6)9-5-10/h2-5H,(H,9,10). The molecule has 1 N–H and O–H groups in total. The van der Waals surface area contributed by atoms with Gasteiger partial charge in [0.1, 0.15) is 5.82 Å². The zero-order valence-corrected chi connectivity index (χ0v) is 5.10. The Labute approximate surface area is 57.7 Å². The van der Waals surface area contributed by atoms with E-state index in [1.54, 1.807) is 0 Å². The summed E-state index contributed by atoms with van der Waals surface area (Å²) in [4.78, 5) is 9.84. The highest BCUT2D eigenvalue weighted by Crippen LogP contribution is 2.06. The smallest absolute Gasteiger partial charge is 0.211 e. The van der Waals surface area contributed by atoms with Crippen molar-refractivity contribution < 1.29 is 9.18 Å². The first-order chi connectivity index (χ1) is 4.83. The number of amides is 1. The van der Waals surface area contributed by atoms with Gasteiger partial charge in [-0.15, -0.1) is 0 Å². The fourth-order valence-electron chi connectivity index (χ4n) is 0.594. The third-order valence-electron chi connectivity index (χ3n) is 0.979. The third kappa shape index (κ3) is 1.55. The molecule has 51 valence electrons. The summed E-state index contributed by atoms with van der Waals surface area (Å²) in [5.41, 5.74) is 0.412. The molecule has 0 bridgehead atoms. The fraction of sp³-hybridized carbons (Fsp3) is 0. The lowest BCUT2D eigenvalue weighted by molar-refractivity contribution is -0.105. The van der Waals surface area contributed by atoms with Gasteiger partial charge in [0.25, 0.3) is 0 Å². The first kappa shape index (κ1) is 6.74. The molecular formula is C7H5FNO. The number of hydrogen-bond donors (Lipinski definition) is 1. The average molecular weight is 138 g/mol. The van der Waals surface area contributed by atoms with Crippen molar-refractivity contribution in [2.75, 3.05) is 5.32 Å². The lowest BCUT2D eigenvalue weighted by atomic mass is 10.3. The van der Waals surface area contributed by atoms with Crippen molar-refractivity contribution in [2.45, 2.75) is 0 Å². The molecule has 1 radical (unpaired) electrons. The highest BCUT2D eigenvalue weighted by Gasteiger charge is 1.90. The summed E-state index contributed by atoms with van der Waals surface area (Å²) in [6.45, 7) is 0. The van der Waals surface area contributed by atoms with Crippen LogP contribution in [0, 0.1) is 11.9 Å². The summed E-state index contributed by atoms with van der Waals surface area (Å²) in [5.74, 6) is -0.410. The van der Waals surface area contributed by atoms with Gasteiger partial charge in [0.2, 0.25) is 6.41 Å². The predicted octanol–water partition coefficient (Wildman–Crippen LogP) is 1.19. The molecule has 1 rings (SSSR count). The zero-order valence-electron chi connectivity index (χ0n) is 5.10. The Kier molecular flexibility index (Phi) is 1.99. The second-order valence-corrected chi connectivity index (χ2v) is 1.70. The topological polar surface area (TPSA) is 29.1 Å². The Morgan fingerprint density at radius 3 is 3.00 bits per heavy atom. The Hall–Kier alpha value is -1.38. The first-order valence-corrected chi connectivity index (χ1v) is 2.70. The Morgan fingerprint density at radius 1 is 1.60 bits per heavy atom. The van der Waals surface area contributed by atoms with Crippen LogP contribution in [0.5, 0.6) is 0 Å². The molecular weight excluding hydrogens is 133 g/mol. The molecule has 0 atom stereocenters. The normalized spacial score (nSPS) is 8.90. The van der Waals surface area contributed by atoms with Crippen LogP contribution in [0.3, 0.4) is 0 Å². The lowest BCUT2D eigenvalue weighted by Gasteiger charge is -1.94. The van der Waals surface area contributed by atoms with Crippen molar-refractivity contribution >= 4 is 12.1 Å². The molecule has 1 aromatic rings. The number of carbonyl (C=O) groups is 1. The number of halogens is 1. The molecule has 0 heterocycles. The van der Waals surface area contributed by atoms with E-state index in [1.165, 1.54) is 18.2 Å². The summed E-state index contributed by atoms with van der Waals surface area (Å²) in [5, 5.41) is 2.30. The van der Waals surface area contributed by atoms with Crippen molar-refractivity contribution in [3.63, 3.8) is 0 Å². The summed E-state index contributed by atoms with van der Waals surface area (Å²) >= 11 is 0. The van der Waals surface area contributed by atoms with Crippen molar-refractivity contribution in [2.24, 2.45) is 0 Å². The van der Waals surface area contributed by atoms with Crippen LogP contribution in [-0.4, -0.2) is 6.41 Å². The minimum atomic E-state index is -0.410. The van der Waals surface area contributed by atoms with Crippen LogP contribution < -0.4 is 5.32 Å². The van der Waals surface area contributed by atoms with Gasteiger partial charge in [0, 0.05) is 5.69 Å². The molecule has 0 fully saturated rings. The molecule has 0 aliphatic rings. The largest absolute Gasteiger partial charge is 0.329 e. The van der Waals surface area contributed by atoms with Crippen LogP contribution >= 0.6 is 0 Å². The molecule has 0 saturated heterocycles. The monoisotopic (exact) mass is 138 g/mol. The molecule has 0 aromatic heterocycles. The molecule has 0 aliphatic heterocycles. The molecule has 0 saturated carbocycles. The van der Waals surface area contributed by atoms with Crippen molar-refractivity contribution in [3.8, 4) is 0 Å². The number of nitrogens with one attached hydrogen (secondary N) is 1. The Balaban J connectivity index is 2.84. The quantitative estimate of drug-likeness (QED) is 0.611. The molecule has 1 amide bonds. The van der Waals surface area contributed by atoms with E-state index in [0.717, 1.165) is 0 Å². The number of rotatable bonds is 2. The highest BCUT2D eigenvalue weighted by molar-refractivity contribution is 5.70. The summed E-state index contributed by atoms with van der Waals surface area (Å²) in [7, 11) is 0. The van der Waals surface area contributed by atoms with Gasteiger partial charge in [-0.05, 0) is 24.3 Å². The van der Waals surface area contributed by atoms with Gasteiger partial charge in [-0.1, -0.05) is 0 Å². The van der Waals surface area contributed by atoms with Crippen molar-refractivity contribution in [1.29, 1.82) is 0 Å². The second-order valence-electron chi connectivity index (χ2n) is 1.70. The van der Waals surface area contributed by atoms with Crippen LogP contribution in [0.4, 0.5) is 10.1 Å². The van der Waals surface area contributed by atoms with E-state index in [-0.39, 0.29) is 0 Å². The molecule has 2 nitrogen and oxygen atoms in total. The van der Waals surface area contributed by atoms with Gasteiger partial charge in [-0.3, -0.25) is 4.79 Å². The van der Waals surface area contributed by atoms with Gasteiger partial charge in [-0.2, -0.15) is 0 Å². The summed E-state index contributed by atoms with van der Waals surface area (Å²) in [6, 6.07) is 6.40. The minimum Gasteiger partial charge on any atom is -0.329 e. The van der Waals surface area contributed by atoms with Crippen molar-refractivity contribution in [1.82, 2.24) is 0 Å². The lowest BCUT2D eigenvalue weighted by Crippen LogP contribution is -1.93. The maximum absolute atomic E-state index is 12.3. The number of benzene rings is 1. The van der Waals surface area contributed by atoms with Gasteiger partial charge in [0.15, 0.2) is 0 Å². The predicted molar refractivity (Wildman–Crippen MR) is 34.9 cm³/mol. The summed E-state index contributed by atoms with van der Waals surface area (Å²) in [6.07, 6.45) is 0.489. The van der Waals surface area contributed by atoms with Gasteiger partial charge in [0.05, 0.1) is 0 Å². The van der Waals surface area contributed by atoms with Gasteiger partial charge < -0.3 is 5.32 Å². The average Bonchev–Trinajstić information content (AvgIpc) is 1.88. The van der Waals surface area contributed by atoms with E-state index in [1.807, 2.05) is 0 Å². The minimum absolute atomic E-state index is 0.410. The SMILES string of the molecule is O=CNc1c[c]cc(F)c1. The molecule has 3 heteroatoms. The molecule has 10 heavy (non-hydrogen) atoms. The maximum atomic E-state index is 12.3. The summed E-state index contributed by atoms with van der Waals surface area (Å²) < 4.78 is 12.3. The third-order valence-corrected chi connectivity index (χ3v) is 0.979. The molecule has 0 spiro atoms. The zero-order chi connectivity index (χ0) is 7.40. The second kappa shape index (κ2) is 2.96. The fourth-order valence-corrected chi connectivity index (χ4v) is 0.594. The van der Waals surface area contributed by atoms with Crippen molar-refractivity contribution in [3.05, 3.63) is 30.1 Å².